The van der Waals surface area contributed by atoms with Crippen LogP contribution in [0.15, 0.2) is 30.3 Å². The molecule has 1 amide bonds. The fourth-order valence-corrected chi connectivity index (χ4v) is 2.66. The maximum Gasteiger partial charge on any atom is 0.327 e. The molecular formula is C13H17NO4S. The highest BCUT2D eigenvalue weighted by Crippen LogP contribution is 2.28. The first-order valence-electron chi connectivity index (χ1n) is 5.82. The lowest BCUT2D eigenvalue weighted by molar-refractivity contribution is -0.140. The molecule has 1 aromatic rings. The van der Waals surface area contributed by atoms with Gasteiger partial charge in [0.25, 0.3) is 0 Å². The number of rotatable bonds is 7. The highest BCUT2D eigenvalue weighted by molar-refractivity contribution is 7.99. The number of aliphatic hydroxyl groups excluding tert-OH is 1. The lowest BCUT2D eigenvalue weighted by Gasteiger charge is -2.18. The Balaban J connectivity index is 2.61. The van der Waals surface area contributed by atoms with Gasteiger partial charge in [0.15, 0.2) is 0 Å². The predicted molar refractivity (Wildman–Crippen MR) is 74.0 cm³/mol. The molecule has 0 bridgehead atoms. The third-order valence-electron chi connectivity index (χ3n) is 2.48. The molecule has 0 saturated heterocycles. The molecule has 0 radical (unpaired) electrons. The van der Waals surface area contributed by atoms with Gasteiger partial charge in [-0.25, -0.2) is 4.79 Å². The van der Waals surface area contributed by atoms with Crippen molar-refractivity contribution < 1.29 is 19.8 Å². The van der Waals surface area contributed by atoms with Gasteiger partial charge in [0.05, 0.1) is 11.9 Å². The van der Waals surface area contributed by atoms with Crippen LogP contribution in [0.1, 0.15) is 17.7 Å². The van der Waals surface area contributed by atoms with Crippen LogP contribution in [0.4, 0.5) is 0 Å². The summed E-state index contributed by atoms with van der Waals surface area (Å²) in [6.07, 6.45) is 0. The monoisotopic (exact) mass is 283 g/mol. The van der Waals surface area contributed by atoms with E-state index >= 15 is 0 Å². The normalized spacial score (nSPS) is 13.6. The van der Waals surface area contributed by atoms with E-state index < -0.39 is 12.0 Å². The van der Waals surface area contributed by atoms with E-state index in [2.05, 4.69) is 5.32 Å². The van der Waals surface area contributed by atoms with E-state index in [9.17, 15) is 14.7 Å². The van der Waals surface area contributed by atoms with Crippen LogP contribution < -0.4 is 5.32 Å². The average molecular weight is 283 g/mol. The predicted octanol–water partition coefficient (Wildman–Crippen LogP) is 1.04. The minimum Gasteiger partial charge on any atom is -0.480 e. The van der Waals surface area contributed by atoms with E-state index in [1.807, 2.05) is 30.3 Å². The smallest absolute Gasteiger partial charge is 0.327 e. The van der Waals surface area contributed by atoms with Gasteiger partial charge >= 0.3 is 5.97 Å². The Labute approximate surface area is 116 Å². The van der Waals surface area contributed by atoms with Crippen LogP contribution in [0.25, 0.3) is 0 Å². The molecule has 0 spiro atoms. The quantitative estimate of drug-likeness (QED) is 0.696. The molecule has 0 heterocycles. The maximum atomic E-state index is 11.0. The molecule has 0 aromatic heterocycles. The Morgan fingerprint density at radius 1 is 1.32 bits per heavy atom. The number of carboxylic acid groups (broad SMARTS) is 1. The van der Waals surface area contributed by atoms with Crippen molar-refractivity contribution in [3.63, 3.8) is 0 Å². The molecule has 6 heteroatoms. The third-order valence-corrected chi connectivity index (χ3v) is 3.83. The molecule has 1 unspecified atom stereocenters. The SMILES string of the molecule is CC(=O)N[C@@H](CSC(CO)c1ccccc1)C(=O)O. The Morgan fingerprint density at radius 2 is 1.95 bits per heavy atom. The van der Waals surface area contributed by atoms with Crippen LogP contribution in [-0.4, -0.2) is 40.5 Å². The van der Waals surface area contributed by atoms with Crippen LogP contribution >= 0.6 is 11.8 Å². The number of aliphatic hydroxyl groups is 1. The highest BCUT2D eigenvalue weighted by atomic mass is 32.2. The van der Waals surface area contributed by atoms with Gasteiger partial charge in [0, 0.05) is 12.7 Å². The van der Waals surface area contributed by atoms with Gasteiger partial charge in [-0.2, -0.15) is 0 Å². The van der Waals surface area contributed by atoms with Crippen molar-refractivity contribution in [2.45, 2.75) is 18.2 Å². The fraction of sp³-hybridized carbons (Fsp3) is 0.385. The van der Waals surface area contributed by atoms with Crippen molar-refractivity contribution in [2.75, 3.05) is 12.4 Å². The summed E-state index contributed by atoms with van der Waals surface area (Å²) in [5, 5.41) is 20.5. The van der Waals surface area contributed by atoms with Gasteiger partial charge in [-0.15, -0.1) is 11.8 Å². The van der Waals surface area contributed by atoms with Crippen molar-refractivity contribution in [3.8, 4) is 0 Å². The standard InChI is InChI=1S/C13H17NO4S/c1-9(16)14-11(13(17)18)8-19-12(7-15)10-5-3-2-4-6-10/h2-6,11-12,15H,7-8H2,1H3,(H,14,16)(H,17,18)/t11-,12?/m0/s1. The Morgan fingerprint density at radius 3 is 2.42 bits per heavy atom. The summed E-state index contributed by atoms with van der Waals surface area (Å²) in [4.78, 5) is 21.9. The molecule has 19 heavy (non-hydrogen) atoms. The molecule has 5 nitrogen and oxygen atoms in total. The number of aliphatic carboxylic acids is 1. The highest BCUT2D eigenvalue weighted by Gasteiger charge is 2.21. The van der Waals surface area contributed by atoms with Crippen molar-refractivity contribution >= 4 is 23.6 Å². The lowest BCUT2D eigenvalue weighted by atomic mass is 10.2. The summed E-state index contributed by atoms with van der Waals surface area (Å²) in [5.74, 6) is -1.25. The van der Waals surface area contributed by atoms with Crippen LogP contribution in [-0.2, 0) is 9.59 Å². The molecular weight excluding hydrogens is 266 g/mol. The van der Waals surface area contributed by atoms with Gasteiger partial charge in [-0.05, 0) is 5.56 Å². The first-order chi connectivity index (χ1) is 9.04. The Kier molecular flexibility index (Phi) is 6.38. The van der Waals surface area contributed by atoms with E-state index in [1.54, 1.807) is 0 Å². The summed E-state index contributed by atoms with van der Waals surface area (Å²) in [6, 6.07) is 8.41. The minimum absolute atomic E-state index is 0.0823. The zero-order valence-corrected chi connectivity index (χ0v) is 11.4. The number of carbonyl (C=O) groups excluding carboxylic acids is 1. The van der Waals surface area contributed by atoms with Crippen LogP contribution in [0.2, 0.25) is 0 Å². The van der Waals surface area contributed by atoms with Crippen LogP contribution in [0.5, 0.6) is 0 Å². The van der Waals surface area contributed by atoms with Crippen molar-refractivity contribution in [2.24, 2.45) is 0 Å². The number of hydrogen-bond acceptors (Lipinski definition) is 4. The summed E-state index contributed by atoms with van der Waals surface area (Å²) in [7, 11) is 0. The molecule has 1 aromatic carbocycles. The van der Waals surface area contributed by atoms with Gasteiger partial charge in [0.2, 0.25) is 5.91 Å². The zero-order chi connectivity index (χ0) is 14.3. The second-order valence-corrected chi connectivity index (χ2v) is 5.24. The number of hydrogen-bond donors (Lipinski definition) is 3. The summed E-state index contributed by atoms with van der Waals surface area (Å²) in [5.41, 5.74) is 0.932. The Bertz CT molecular complexity index is 424. The molecule has 0 saturated carbocycles. The van der Waals surface area contributed by atoms with Gasteiger partial charge in [0.1, 0.15) is 6.04 Å². The van der Waals surface area contributed by atoms with E-state index in [-0.39, 0.29) is 23.5 Å². The number of thioether (sulfide) groups is 1. The van der Waals surface area contributed by atoms with Gasteiger partial charge in [-0.3, -0.25) is 4.79 Å². The average Bonchev–Trinajstić information content (AvgIpc) is 2.38. The van der Waals surface area contributed by atoms with E-state index in [0.29, 0.717) is 0 Å². The van der Waals surface area contributed by atoms with Gasteiger partial charge < -0.3 is 15.5 Å². The zero-order valence-electron chi connectivity index (χ0n) is 10.6. The molecule has 2 atom stereocenters. The third kappa shape index (κ3) is 5.32. The van der Waals surface area contributed by atoms with Crippen LogP contribution in [0, 0.1) is 0 Å². The maximum absolute atomic E-state index is 11.0. The van der Waals surface area contributed by atoms with E-state index in [4.69, 9.17) is 5.11 Å². The van der Waals surface area contributed by atoms with Crippen LogP contribution in [0.3, 0.4) is 0 Å². The molecule has 104 valence electrons. The topological polar surface area (TPSA) is 86.6 Å². The summed E-state index contributed by atoms with van der Waals surface area (Å²) < 4.78 is 0. The number of benzene rings is 1. The fourth-order valence-electron chi connectivity index (χ4n) is 1.55. The molecule has 0 fully saturated rings. The number of nitrogens with one attached hydrogen (secondary N) is 1. The summed E-state index contributed by atoms with van der Waals surface area (Å²) >= 11 is 1.31. The second-order valence-electron chi connectivity index (χ2n) is 4.01. The first-order valence-corrected chi connectivity index (χ1v) is 6.86. The number of amides is 1. The van der Waals surface area contributed by atoms with E-state index in [0.717, 1.165) is 5.56 Å². The molecule has 0 aliphatic rings. The number of carbonyl (C=O) groups is 2. The summed E-state index contributed by atoms with van der Waals surface area (Å²) in [6.45, 7) is 1.20. The minimum atomic E-state index is -1.08. The van der Waals surface area contributed by atoms with E-state index in [1.165, 1.54) is 18.7 Å². The van der Waals surface area contributed by atoms with Crippen molar-refractivity contribution in [3.05, 3.63) is 35.9 Å². The molecule has 0 aliphatic heterocycles. The lowest BCUT2D eigenvalue weighted by Crippen LogP contribution is -2.41. The number of carboxylic acids is 1. The van der Waals surface area contributed by atoms with Crippen molar-refractivity contribution in [1.82, 2.24) is 5.32 Å². The Hall–Kier alpha value is -1.53. The molecule has 3 N–H and O–H groups in total. The first kappa shape index (κ1) is 15.5. The second kappa shape index (κ2) is 7.81. The largest absolute Gasteiger partial charge is 0.480 e. The van der Waals surface area contributed by atoms with Crippen molar-refractivity contribution in [1.29, 1.82) is 0 Å². The molecule has 1 rings (SSSR count). The van der Waals surface area contributed by atoms with Gasteiger partial charge in [-0.1, -0.05) is 30.3 Å². The molecule has 0 aliphatic carbocycles.